The molecule has 2 N–H and O–H groups in total. The largest absolute Gasteiger partial charge is 0.495 e. The number of ether oxygens (including phenoxy) is 1. The van der Waals surface area contributed by atoms with Crippen LogP contribution in [-0.2, 0) is 0 Å². The number of amides is 1. The highest BCUT2D eigenvalue weighted by Gasteiger charge is 2.26. The Morgan fingerprint density at radius 2 is 2.24 bits per heavy atom. The van der Waals surface area contributed by atoms with Crippen molar-refractivity contribution in [2.24, 2.45) is 5.92 Å². The molecular formula is C13H18N2O2. The van der Waals surface area contributed by atoms with Crippen molar-refractivity contribution in [1.82, 2.24) is 4.90 Å². The summed E-state index contributed by atoms with van der Waals surface area (Å²) in [6.07, 6.45) is 2.45. The first kappa shape index (κ1) is 11.8. The van der Waals surface area contributed by atoms with Crippen LogP contribution in [-0.4, -0.2) is 31.5 Å². The number of nitrogens with two attached hydrogens (primary N) is 1. The number of benzene rings is 1. The number of rotatable bonds is 4. The number of carbonyl (C=O) groups excluding carboxylic acids is 1. The molecule has 1 aliphatic rings. The van der Waals surface area contributed by atoms with E-state index in [4.69, 9.17) is 10.5 Å². The van der Waals surface area contributed by atoms with Crippen LogP contribution in [0.25, 0.3) is 0 Å². The van der Waals surface area contributed by atoms with Gasteiger partial charge in [-0.05, 0) is 30.9 Å². The van der Waals surface area contributed by atoms with Crippen molar-refractivity contribution in [2.75, 3.05) is 26.4 Å². The van der Waals surface area contributed by atoms with Gasteiger partial charge in [0, 0.05) is 13.6 Å². The molecule has 4 nitrogen and oxygen atoms in total. The maximum atomic E-state index is 12.2. The third-order valence-corrected chi connectivity index (χ3v) is 3.09. The summed E-state index contributed by atoms with van der Waals surface area (Å²) in [6, 6.07) is 5.28. The molecule has 0 aromatic heterocycles. The van der Waals surface area contributed by atoms with Crippen LogP contribution >= 0.6 is 0 Å². The Morgan fingerprint density at radius 3 is 2.82 bits per heavy atom. The van der Waals surface area contributed by atoms with Crippen LogP contribution in [0.1, 0.15) is 23.2 Å². The molecule has 1 aromatic carbocycles. The van der Waals surface area contributed by atoms with Crippen LogP contribution in [0.15, 0.2) is 18.2 Å². The van der Waals surface area contributed by atoms with E-state index in [-0.39, 0.29) is 5.91 Å². The smallest absolute Gasteiger partial charge is 0.255 e. The van der Waals surface area contributed by atoms with Crippen molar-refractivity contribution >= 4 is 11.6 Å². The molecule has 1 fully saturated rings. The van der Waals surface area contributed by atoms with E-state index < -0.39 is 0 Å². The molecule has 1 saturated carbocycles. The second-order valence-electron chi connectivity index (χ2n) is 4.55. The normalized spacial score (nSPS) is 14.5. The van der Waals surface area contributed by atoms with Gasteiger partial charge in [-0.1, -0.05) is 6.07 Å². The minimum atomic E-state index is -0.0340. The zero-order valence-electron chi connectivity index (χ0n) is 10.3. The number of nitrogen functional groups attached to an aromatic ring is 1. The summed E-state index contributed by atoms with van der Waals surface area (Å²) in [7, 11) is 3.37. The van der Waals surface area contributed by atoms with E-state index in [0.29, 0.717) is 22.9 Å². The molecule has 0 unspecified atom stereocenters. The van der Waals surface area contributed by atoms with Crippen LogP contribution in [0.2, 0.25) is 0 Å². The van der Waals surface area contributed by atoms with E-state index in [1.807, 2.05) is 7.05 Å². The number of para-hydroxylation sites is 1. The summed E-state index contributed by atoms with van der Waals surface area (Å²) in [5.41, 5.74) is 6.85. The van der Waals surface area contributed by atoms with Gasteiger partial charge in [0.05, 0.1) is 18.4 Å². The maximum absolute atomic E-state index is 12.2. The molecule has 1 aromatic rings. The Labute approximate surface area is 101 Å². The monoisotopic (exact) mass is 234 g/mol. The molecule has 1 aliphatic carbocycles. The molecule has 0 heterocycles. The van der Waals surface area contributed by atoms with Crippen LogP contribution in [0, 0.1) is 5.92 Å². The summed E-state index contributed by atoms with van der Waals surface area (Å²) < 4.78 is 5.11. The van der Waals surface area contributed by atoms with E-state index in [2.05, 4.69) is 0 Å². The first-order valence-electron chi connectivity index (χ1n) is 5.81. The summed E-state index contributed by atoms with van der Waals surface area (Å²) in [4.78, 5) is 13.9. The number of methoxy groups -OCH3 is 1. The molecule has 0 atom stereocenters. The number of carbonyl (C=O) groups is 1. The van der Waals surface area contributed by atoms with Gasteiger partial charge in [-0.2, -0.15) is 0 Å². The fraction of sp³-hybridized carbons (Fsp3) is 0.462. The first-order chi connectivity index (χ1) is 8.13. The number of hydrogen-bond acceptors (Lipinski definition) is 3. The van der Waals surface area contributed by atoms with Gasteiger partial charge in [0.2, 0.25) is 0 Å². The summed E-state index contributed by atoms with van der Waals surface area (Å²) in [5, 5.41) is 0. The van der Waals surface area contributed by atoms with Crippen LogP contribution in [0.4, 0.5) is 5.69 Å². The lowest BCUT2D eigenvalue weighted by atomic mass is 10.1. The highest BCUT2D eigenvalue weighted by Crippen LogP contribution is 2.31. The molecule has 0 spiro atoms. The Balaban J connectivity index is 2.17. The lowest BCUT2D eigenvalue weighted by Gasteiger charge is -2.18. The zero-order valence-corrected chi connectivity index (χ0v) is 10.3. The Hall–Kier alpha value is -1.71. The molecule has 0 saturated heterocycles. The van der Waals surface area contributed by atoms with Crippen LogP contribution < -0.4 is 10.5 Å². The Morgan fingerprint density at radius 1 is 1.53 bits per heavy atom. The molecule has 17 heavy (non-hydrogen) atoms. The first-order valence-corrected chi connectivity index (χ1v) is 5.81. The molecule has 0 aliphatic heterocycles. The van der Waals surface area contributed by atoms with Gasteiger partial charge in [-0.3, -0.25) is 4.79 Å². The van der Waals surface area contributed by atoms with E-state index in [0.717, 1.165) is 6.54 Å². The molecular weight excluding hydrogens is 216 g/mol. The lowest BCUT2D eigenvalue weighted by molar-refractivity contribution is 0.0789. The predicted octanol–water partition coefficient (Wildman–Crippen LogP) is 1.76. The van der Waals surface area contributed by atoms with Crippen molar-refractivity contribution in [1.29, 1.82) is 0 Å². The van der Waals surface area contributed by atoms with Crippen molar-refractivity contribution in [3.63, 3.8) is 0 Å². The van der Waals surface area contributed by atoms with Crippen LogP contribution in [0.3, 0.4) is 0 Å². The number of anilines is 1. The predicted molar refractivity (Wildman–Crippen MR) is 67.1 cm³/mol. The second-order valence-corrected chi connectivity index (χ2v) is 4.55. The minimum absolute atomic E-state index is 0.0340. The topological polar surface area (TPSA) is 55.6 Å². The molecule has 1 amide bonds. The van der Waals surface area contributed by atoms with E-state index in [1.54, 1.807) is 30.2 Å². The van der Waals surface area contributed by atoms with E-state index in [9.17, 15) is 4.79 Å². The molecule has 0 radical (unpaired) electrons. The van der Waals surface area contributed by atoms with Gasteiger partial charge in [0.15, 0.2) is 0 Å². The molecule has 4 heteroatoms. The van der Waals surface area contributed by atoms with Gasteiger partial charge in [-0.15, -0.1) is 0 Å². The quantitative estimate of drug-likeness (QED) is 0.808. The second kappa shape index (κ2) is 4.65. The van der Waals surface area contributed by atoms with Gasteiger partial charge >= 0.3 is 0 Å². The van der Waals surface area contributed by atoms with Crippen molar-refractivity contribution in [3.8, 4) is 5.75 Å². The van der Waals surface area contributed by atoms with Gasteiger partial charge in [-0.25, -0.2) is 0 Å². The average Bonchev–Trinajstić information content (AvgIpc) is 3.12. The van der Waals surface area contributed by atoms with Crippen molar-refractivity contribution in [3.05, 3.63) is 23.8 Å². The van der Waals surface area contributed by atoms with E-state index >= 15 is 0 Å². The highest BCUT2D eigenvalue weighted by molar-refractivity contribution is 6.00. The highest BCUT2D eigenvalue weighted by atomic mass is 16.5. The van der Waals surface area contributed by atoms with Gasteiger partial charge < -0.3 is 15.4 Å². The molecule has 0 bridgehead atoms. The Kier molecular flexibility index (Phi) is 3.22. The standard InChI is InChI=1S/C13H18N2O2/c1-15(8-9-6-7-9)13(16)10-4-3-5-11(17-2)12(10)14/h3-5,9H,6-8,14H2,1-2H3. The summed E-state index contributed by atoms with van der Waals surface area (Å²) >= 11 is 0. The van der Waals surface area contributed by atoms with Crippen LogP contribution in [0.5, 0.6) is 5.75 Å². The SMILES string of the molecule is COc1cccc(C(=O)N(C)CC2CC2)c1N. The fourth-order valence-electron chi connectivity index (χ4n) is 1.88. The number of nitrogens with zero attached hydrogens (tertiary/aromatic N) is 1. The van der Waals surface area contributed by atoms with Gasteiger partial charge in [0.25, 0.3) is 5.91 Å². The van der Waals surface area contributed by atoms with Crippen molar-refractivity contribution < 1.29 is 9.53 Å². The number of hydrogen-bond donors (Lipinski definition) is 1. The third kappa shape index (κ3) is 2.52. The van der Waals surface area contributed by atoms with Crippen molar-refractivity contribution in [2.45, 2.75) is 12.8 Å². The zero-order chi connectivity index (χ0) is 12.4. The summed E-state index contributed by atoms with van der Waals surface area (Å²) in [5.74, 6) is 1.19. The minimum Gasteiger partial charge on any atom is -0.495 e. The molecule has 2 rings (SSSR count). The maximum Gasteiger partial charge on any atom is 0.255 e. The summed E-state index contributed by atoms with van der Waals surface area (Å²) in [6.45, 7) is 0.815. The average molecular weight is 234 g/mol. The van der Waals surface area contributed by atoms with Gasteiger partial charge in [0.1, 0.15) is 5.75 Å². The molecule has 92 valence electrons. The Bertz CT molecular complexity index is 427. The lowest BCUT2D eigenvalue weighted by Crippen LogP contribution is -2.29. The third-order valence-electron chi connectivity index (χ3n) is 3.09. The van der Waals surface area contributed by atoms with E-state index in [1.165, 1.54) is 12.8 Å². The fourth-order valence-corrected chi connectivity index (χ4v) is 1.88.